The van der Waals surface area contributed by atoms with Crippen LogP contribution in [0.3, 0.4) is 0 Å². The van der Waals surface area contributed by atoms with Gasteiger partial charge in [-0.1, -0.05) is 18.2 Å². The van der Waals surface area contributed by atoms with Crippen LogP contribution in [0.25, 0.3) is 11.3 Å². The third-order valence-electron chi connectivity index (χ3n) is 3.74. The Bertz CT molecular complexity index is 761. The van der Waals surface area contributed by atoms with Gasteiger partial charge in [0, 0.05) is 29.9 Å². The number of nitrogens with zero attached hydrogens (tertiary/aromatic N) is 3. The first-order valence-corrected chi connectivity index (χ1v) is 6.35. The minimum Gasteiger partial charge on any atom is -0.376 e. The Hall–Kier alpha value is -2.41. The average Bonchev–Trinajstić information content (AvgIpc) is 2.44. The molecule has 0 aliphatic carbocycles. The van der Waals surface area contributed by atoms with Crippen molar-refractivity contribution in [2.24, 2.45) is 0 Å². The zero-order valence-electron chi connectivity index (χ0n) is 11.6. The van der Waals surface area contributed by atoms with Crippen LogP contribution in [0.5, 0.6) is 0 Å². The van der Waals surface area contributed by atoms with Crippen molar-refractivity contribution in [1.29, 1.82) is 0 Å². The molecule has 6 nitrogen and oxygen atoms in total. The molecule has 3 rings (SSSR count). The lowest BCUT2D eigenvalue weighted by atomic mass is 9.77. The average molecular weight is 281 g/mol. The number of pyridine rings is 1. The number of nitro groups is 1. The third kappa shape index (κ3) is 1.81. The fourth-order valence-electron chi connectivity index (χ4n) is 2.63. The highest BCUT2D eigenvalue weighted by molar-refractivity contribution is 6.18. The summed E-state index contributed by atoms with van der Waals surface area (Å²) in [5, 5.41) is 21.8. The van der Waals surface area contributed by atoms with E-state index in [0.717, 1.165) is 5.69 Å². The van der Waals surface area contributed by atoms with Crippen LogP contribution in [-0.2, 0) is 5.62 Å². The van der Waals surface area contributed by atoms with Crippen LogP contribution in [-0.4, -0.2) is 29.9 Å². The number of nitro benzene ring substituents is 1. The van der Waals surface area contributed by atoms with E-state index in [4.69, 9.17) is 7.85 Å². The molecule has 2 heterocycles. The molecular weight excluding hydrogens is 269 g/mol. The van der Waals surface area contributed by atoms with E-state index in [1.54, 1.807) is 24.3 Å². The van der Waals surface area contributed by atoms with Gasteiger partial charge in [-0.25, -0.2) is 0 Å². The number of aryl methyl sites for hydroxylation is 1. The van der Waals surface area contributed by atoms with Crippen molar-refractivity contribution in [1.82, 2.24) is 4.98 Å². The lowest BCUT2D eigenvalue weighted by molar-refractivity contribution is -0.384. The van der Waals surface area contributed by atoms with E-state index in [0.29, 0.717) is 16.8 Å². The van der Waals surface area contributed by atoms with Crippen molar-refractivity contribution in [2.45, 2.75) is 12.5 Å². The summed E-state index contributed by atoms with van der Waals surface area (Å²) in [4.78, 5) is 16.5. The minimum atomic E-state index is -1.85. The predicted molar refractivity (Wildman–Crippen MR) is 79.1 cm³/mol. The smallest absolute Gasteiger partial charge is 0.293 e. The van der Waals surface area contributed by atoms with Crippen LogP contribution in [0.1, 0.15) is 11.3 Å². The number of rotatable bonds is 1. The number of para-hydroxylation sites is 1. The van der Waals surface area contributed by atoms with Gasteiger partial charge in [-0.2, -0.15) is 0 Å². The van der Waals surface area contributed by atoms with Crippen molar-refractivity contribution in [3.05, 3.63) is 51.7 Å². The van der Waals surface area contributed by atoms with Crippen LogP contribution >= 0.6 is 0 Å². The first-order chi connectivity index (χ1) is 9.84. The van der Waals surface area contributed by atoms with E-state index in [1.807, 2.05) is 6.92 Å². The highest BCUT2D eigenvalue weighted by Crippen LogP contribution is 2.47. The first kappa shape index (κ1) is 13.6. The molecule has 0 amide bonds. The normalized spacial score (nSPS) is 19.9. The number of hydrogen-bond donors (Lipinski definition) is 1. The number of anilines is 1. The fraction of sp³-hybridized carbons (Fsp3) is 0.214. The largest absolute Gasteiger partial charge is 0.376 e. The highest BCUT2D eigenvalue weighted by Gasteiger charge is 2.40. The fourth-order valence-corrected chi connectivity index (χ4v) is 2.63. The molecule has 1 aliphatic heterocycles. The van der Waals surface area contributed by atoms with Crippen molar-refractivity contribution < 1.29 is 10.0 Å². The first-order valence-electron chi connectivity index (χ1n) is 6.35. The maximum atomic E-state index is 11.2. The van der Waals surface area contributed by atoms with Gasteiger partial charge in [0.2, 0.25) is 0 Å². The second-order valence-electron chi connectivity index (χ2n) is 5.06. The van der Waals surface area contributed by atoms with Crippen molar-refractivity contribution in [3.8, 4) is 11.3 Å². The van der Waals surface area contributed by atoms with Gasteiger partial charge in [0.25, 0.3) is 5.69 Å². The molecule has 0 saturated heterocycles. The molecule has 1 aromatic carbocycles. The second kappa shape index (κ2) is 4.29. The van der Waals surface area contributed by atoms with Crippen molar-refractivity contribution in [2.75, 3.05) is 11.9 Å². The SMILES string of the molecule is [B]C1(O)c2ccc(C)nc2-c2cccc([N+](=O)[O-])c2N1C. The third-order valence-corrected chi connectivity index (χ3v) is 3.74. The van der Waals surface area contributed by atoms with Gasteiger partial charge in [-0.15, -0.1) is 0 Å². The van der Waals surface area contributed by atoms with E-state index in [-0.39, 0.29) is 11.4 Å². The zero-order chi connectivity index (χ0) is 15.4. The predicted octanol–water partition coefficient (Wildman–Crippen LogP) is 1.69. The molecule has 1 aliphatic rings. The van der Waals surface area contributed by atoms with Crippen molar-refractivity contribution >= 4 is 19.2 Å². The molecule has 1 atom stereocenters. The van der Waals surface area contributed by atoms with Crippen LogP contribution in [0, 0.1) is 17.0 Å². The van der Waals surface area contributed by atoms with Gasteiger partial charge in [0.1, 0.15) is 11.3 Å². The standard InChI is InChI=1S/C14H12BN3O3/c1-8-6-7-10-12(16-8)9-4-3-5-11(18(20)21)13(9)17(2)14(10,15)19/h3-7,19H,1-2H3. The van der Waals surface area contributed by atoms with Gasteiger partial charge in [-0.3, -0.25) is 15.1 Å². The summed E-state index contributed by atoms with van der Waals surface area (Å²) in [6, 6.07) is 8.15. The Morgan fingerprint density at radius 2 is 2.10 bits per heavy atom. The van der Waals surface area contributed by atoms with Gasteiger partial charge in [0.15, 0.2) is 7.85 Å². The van der Waals surface area contributed by atoms with Gasteiger partial charge >= 0.3 is 0 Å². The van der Waals surface area contributed by atoms with Crippen LogP contribution < -0.4 is 4.90 Å². The molecule has 2 aromatic rings. The Kier molecular flexibility index (Phi) is 2.77. The number of hydrogen-bond acceptors (Lipinski definition) is 5. The zero-order valence-corrected chi connectivity index (χ0v) is 11.6. The molecule has 21 heavy (non-hydrogen) atoms. The quantitative estimate of drug-likeness (QED) is 0.488. The summed E-state index contributed by atoms with van der Waals surface area (Å²) in [6.07, 6.45) is 0. The molecule has 2 radical (unpaired) electrons. The van der Waals surface area contributed by atoms with E-state index in [2.05, 4.69) is 4.98 Å². The number of benzene rings is 1. The number of aromatic nitrogens is 1. The van der Waals surface area contributed by atoms with Crippen LogP contribution in [0.2, 0.25) is 0 Å². The van der Waals surface area contributed by atoms with E-state index >= 15 is 0 Å². The molecule has 1 unspecified atom stereocenters. The second-order valence-corrected chi connectivity index (χ2v) is 5.06. The van der Waals surface area contributed by atoms with Crippen molar-refractivity contribution in [3.63, 3.8) is 0 Å². The molecule has 0 bridgehead atoms. The molecular formula is C14H12BN3O3. The summed E-state index contributed by atoms with van der Waals surface area (Å²) in [6.45, 7) is 1.81. The van der Waals surface area contributed by atoms with E-state index in [9.17, 15) is 15.2 Å². The molecule has 1 aromatic heterocycles. The molecule has 0 saturated carbocycles. The lowest BCUT2D eigenvalue weighted by Gasteiger charge is -2.42. The Morgan fingerprint density at radius 1 is 1.38 bits per heavy atom. The molecule has 104 valence electrons. The Balaban J connectivity index is 2.42. The van der Waals surface area contributed by atoms with Crippen LogP contribution in [0.15, 0.2) is 30.3 Å². The van der Waals surface area contributed by atoms with Crippen LogP contribution in [0.4, 0.5) is 11.4 Å². The number of fused-ring (bicyclic) bond motifs is 3. The molecule has 1 N–H and O–H groups in total. The minimum absolute atomic E-state index is 0.118. The summed E-state index contributed by atoms with van der Waals surface area (Å²) < 4.78 is 0. The number of aliphatic hydroxyl groups is 1. The Labute approximate surface area is 122 Å². The molecule has 7 heteroatoms. The molecule has 0 fully saturated rings. The lowest BCUT2D eigenvalue weighted by Crippen LogP contribution is -2.47. The van der Waals surface area contributed by atoms with E-state index in [1.165, 1.54) is 18.0 Å². The van der Waals surface area contributed by atoms with Gasteiger partial charge < -0.3 is 10.0 Å². The monoisotopic (exact) mass is 281 g/mol. The Morgan fingerprint density at radius 3 is 2.76 bits per heavy atom. The van der Waals surface area contributed by atoms with E-state index < -0.39 is 10.5 Å². The summed E-state index contributed by atoms with van der Waals surface area (Å²) >= 11 is 0. The summed E-state index contributed by atoms with van der Waals surface area (Å²) in [5.41, 5.74) is 0.508. The topological polar surface area (TPSA) is 79.5 Å². The van der Waals surface area contributed by atoms with Gasteiger partial charge in [0.05, 0.1) is 10.6 Å². The maximum absolute atomic E-state index is 11.2. The maximum Gasteiger partial charge on any atom is 0.293 e. The summed E-state index contributed by atoms with van der Waals surface area (Å²) in [7, 11) is 7.51. The highest BCUT2D eigenvalue weighted by atomic mass is 16.6. The molecule has 0 spiro atoms. The summed E-state index contributed by atoms with van der Waals surface area (Å²) in [5.74, 6) is 0. The van der Waals surface area contributed by atoms with Gasteiger partial charge in [-0.05, 0) is 13.0 Å².